The highest BCUT2D eigenvalue weighted by molar-refractivity contribution is 6.31. The maximum absolute atomic E-state index is 14.2. The highest BCUT2D eigenvalue weighted by atomic mass is 35.5. The molecule has 0 radical (unpaired) electrons. The van der Waals surface area contributed by atoms with Crippen molar-refractivity contribution in [2.45, 2.75) is 19.6 Å². The zero-order valence-corrected chi connectivity index (χ0v) is 13.3. The molecule has 116 valence electrons. The minimum Gasteiger partial charge on any atom is -0.366 e. The number of ether oxygens (including phenoxy) is 1. The molecule has 0 saturated carbocycles. The average Bonchev–Trinajstić information content (AvgIpc) is 2.47. The lowest BCUT2D eigenvalue weighted by molar-refractivity contribution is -0.147. The molecule has 1 aromatic rings. The number of amides is 1. The molecule has 6 heteroatoms. The van der Waals surface area contributed by atoms with Crippen LogP contribution in [0, 0.1) is 12.7 Å². The molecule has 1 saturated heterocycles. The van der Waals surface area contributed by atoms with Gasteiger partial charge in [0.15, 0.2) is 0 Å². The first-order valence-corrected chi connectivity index (χ1v) is 7.26. The molecule has 1 heterocycles. The zero-order chi connectivity index (χ0) is 15.6. The van der Waals surface area contributed by atoms with Crippen molar-refractivity contribution in [3.05, 3.63) is 34.1 Å². The van der Waals surface area contributed by atoms with Crippen LogP contribution in [0.2, 0.25) is 5.02 Å². The number of hydrogen-bond donors (Lipinski definition) is 0. The highest BCUT2D eigenvalue weighted by Crippen LogP contribution is 2.24. The van der Waals surface area contributed by atoms with Crippen molar-refractivity contribution in [2.24, 2.45) is 0 Å². The number of rotatable bonds is 3. The number of likely N-dealkylation sites (N-methyl/N-ethyl adjacent to an activating group) is 1. The fraction of sp³-hybridized carbons (Fsp3) is 0.533. The molecule has 4 nitrogen and oxygen atoms in total. The Morgan fingerprint density at radius 2 is 2.24 bits per heavy atom. The Balaban J connectivity index is 2.10. The van der Waals surface area contributed by atoms with Crippen LogP contribution in [0.25, 0.3) is 0 Å². The van der Waals surface area contributed by atoms with E-state index in [0.717, 1.165) is 0 Å². The van der Waals surface area contributed by atoms with Gasteiger partial charge in [-0.3, -0.25) is 9.69 Å². The Morgan fingerprint density at radius 1 is 1.52 bits per heavy atom. The summed E-state index contributed by atoms with van der Waals surface area (Å²) in [4.78, 5) is 15.5. The number of carbonyl (C=O) groups excluding carboxylic acids is 1. The second-order valence-corrected chi connectivity index (χ2v) is 5.89. The van der Waals surface area contributed by atoms with Gasteiger partial charge in [-0.1, -0.05) is 17.7 Å². The van der Waals surface area contributed by atoms with Gasteiger partial charge in [0, 0.05) is 44.3 Å². The smallest absolute Gasteiger partial charge is 0.252 e. The van der Waals surface area contributed by atoms with Crippen molar-refractivity contribution in [3.63, 3.8) is 0 Å². The normalized spacial score (nSPS) is 19.6. The van der Waals surface area contributed by atoms with Crippen molar-refractivity contribution in [1.82, 2.24) is 9.80 Å². The van der Waals surface area contributed by atoms with Crippen LogP contribution in [0.1, 0.15) is 11.1 Å². The van der Waals surface area contributed by atoms with E-state index >= 15 is 0 Å². The maximum Gasteiger partial charge on any atom is 0.252 e. The Morgan fingerprint density at radius 3 is 2.90 bits per heavy atom. The van der Waals surface area contributed by atoms with Gasteiger partial charge in [0.05, 0.1) is 6.61 Å². The van der Waals surface area contributed by atoms with E-state index < -0.39 is 6.10 Å². The lowest BCUT2D eigenvalue weighted by Crippen LogP contribution is -2.49. The number of aryl methyl sites for hydroxylation is 1. The van der Waals surface area contributed by atoms with Crippen molar-refractivity contribution >= 4 is 17.5 Å². The minimum absolute atomic E-state index is 0.0736. The van der Waals surface area contributed by atoms with Gasteiger partial charge in [-0.15, -0.1) is 0 Å². The first-order chi connectivity index (χ1) is 9.90. The summed E-state index contributed by atoms with van der Waals surface area (Å²) in [7, 11) is 3.39. The molecule has 0 bridgehead atoms. The molecule has 0 aliphatic carbocycles. The Kier molecular flexibility index (Phi) is 5.19. The number of morpholine rings is 1. The summed E-state index contributed by atoms with van der Waals surface area (Å²) in [6.07, 6.45) is -0.500. The van der Waals surface area contributed by atoms with Gasteiger partial charge in [-0.05, 0) is 18.6 Å². The molecule has 1 unspecified atom stereocenters. The molecular weight excluding hydrogens is 295 g/mol. The molecule has 0 aromatic heterocycles. The molecule has 0 N–H and O–H groups in total. The number of hydrogen-bond acceptors (Lipinski definition) is 3. The molecule has 1 aromatic carbocycles. The quantitative estimate of drug-likeness (QED) is 0.856. The molecule has 1 fully saturated rings. The van der Waals surface area contributed by atoms with Gasteiger partial charge < -0.3 is 9.64 Å². The third-order valence-electron chi connectivity index (χ3n) is 3.63. The minimum atomic E-state index is -0.500. The largest absolute Gasteiger partial charge is 0.366 e. The average molecular weight is 315 g/mol. The summed E-state index contributed by atoms with van der Waals surface area (Å²) >= 11 is 6.10. The SMILES string of the molecule is Cc1ccc(Cl)c(CN2CCOC(C(=O)N(C)C)C2)c1F. The van der Waals surface area contributed by atoms with Crippen LogP contribution in [-0.4, -0.2) is 55.6 Å². The van der Waals surface area contributed by atoms with Crippen LogP contribution in [-0.2, 0) is 16.1 Å². The number of carbonyl (C=O) groups is 1. The molecule has 0 spiro atoms. The van der Waals surface area contributed by atoms with Gasteiger partial charge >= 0.3 is 0 Å². The third kappa shape index (κ3) is 3.73. The second kappa shape index (κ2) is 6.73. The molecular formula is C15H20ClFN2O2. The predicted octanol–water partition coefficient (Wildman–Crippen LogP) is 2.08. The Hall–Kier alpha value is -1.17. The molecule has 1 atom stereocenters. The van der Waals surface area contributed by atoms with E-state index in [0.29, 0.717) is 42.4 Å². The summed E-state index contributed by atoms with van der Waals surface area (Å²) < 4.78 is 19.7. The fourth-order valence-electron chi connectivity index (χ4n) is 2.37. The fourth-order valence-corrected chi connectivity index (χ4v) is 2.57. The third-order valence-corrected chi connectivity index (χ3v) is 3.98. The summed E-state index contributed by atoms with van der Waals surface area (Å²) in [5, 5.41) is 0.417. The number of nitrogens with zero attached hydrogens (tertiary/aromatic N) is 2. The second-order valence-electron chi connectivity index (χ2n) is 5.48. The lowest BCUT2D eigenvalue weighted by Gasteiger charge is -2.33. The van der Waals surface area contributed by atoms with E-state index in [2.05, 4.69) is 0 Å². The van der Waals surface area contributed by atoms with Crippen LogP contribution in [0.4, 0.5) is 4.39 Å². The highest BCUT2D eigenvalue weighted by Gasteiger charge is 2.28. The Labute approximate surface area is 129 Å². The van der Waals surface area contributed by atoms with Crippen LogP contribution in [0.5, 0.6) is 0 Å². The topological polar surface area (TPSA) is 32.8 Å². The summed E-state index contributed by atoms with van der Waals surface area (Å²) in [6.45, 7) is 3.65. The first kappa shape index (κ1) is 16.2. The van der Waals surface area contributed by atoms with E-state index in [9.17, 15) is 9.18 Å². The zero-order valence-electron chi connectivity index (χ0n) is 12.5. The van der Waals surface area contributed by atoms with Gasteiger partial charge in [0.2, 0.25) is 0 Å². The van der Waals surface area contributed by atoms with Gasteiger partial charge in [0.1, 0.15) is 11.9 Å². The van der Waals surface area contributed by atoms with E-state index in [1.165, 1.54) is 4.90 Å². The maximum atomic E-state index is 14.2. The van der Waals surface area contributed by atoms with Crippen LogP contribution < -0.4 is 0 Å². The van der Waals surface area contributed by atoms with Crippen LogP contribution >= 0.6 is 11.6 Å². The van der Waals surface area contributed by atoms with Gasteiger partial charge in [-0.25, -0.2) is 4.39 Å². The first-order valence-electron chi connectivity index (χ1n) is 6.88. The van der Waals surface area contributed by atoms with Crippen molar-refractivity contribution < 1.29 is 13.9 Å². The number of halogens is 2. The van der Waals surface area contributed by atoms with Gasteiger partial charge in [0.25, 0.3) is 5.91 Å². The summed E-state index contributed by atoms with van der Waals surface area (Å²) in [6, 6.07) is 3.37. The molecule has 2 rings (SSSR count). The standard InChI is InChI=1S/C15H20ClFN2O2/c1-10-4-5-12(16)11(14(10)17)8-19-6-7-21-13(9-19)15(20)18(2)3/h4-5,13H,6-9H2,1-3H3. The van der Waals surface area contributed by atoms with E-state index in [-0.39, 0.29) is 11.7 Å². The summed E-state index contributed by atoms with van der Waals surface area (Å²) in [5.41, 5.74) is 1.05. The molecule has 1 amide bonds. The van der Waals surface area contributed by atoms with Gasteiger partial charge in [-0.2, -0.15) is 0 Å². The molecule has 1 aliphatic rings. The summed E-state index contributed by atoms with van der Waals surface area (Å²) in [5.74, 6) is -0.347. The monoisotopic (exact) mass is 314 g/mol. The van der Waals surface area contributed by atoms with Crippen LogP contribution in [0.3, 0.4) is 0 Å². The van der Waals surface area contributed by atoms with E-state index in [1.807, 2.05) is 4.90 Å². The van der Waals surface area contributed by atoms with Crippen molar-refractivity contribution in [1.29, 1.82) is 0 Å². The molecule has 1 aliphatic heterocycles. The van der Waals surface area contributed by atoms with E-state index in [4.69, 9.17) is 16.3 Å². The molecule has 21 heavy (non-hydrogen) atoms. The number of benzene rings is 1. The van der Waals surface area contributed by atoms with Crippen LogP contribution in [0.15, 0.2) is 12.1 Å². The van der Waals surface area contributed by atoms with E-state index in [1.54, 1.807) is 33.2 Å². The van der Waals surface area contributed by atoms with Crippen molar-refractivity contribution in [3.8, 4) is 0 Å². The predicted molar refractivity (Wildman–Crippen MR) is 79.9 cm³/mol. The Bertz CT molecular complexity index is 537. The van der Waals surface area contributed by atoms with Crippen molar-refractivity contribution in [2.75, 3.05) is 33.8 Å². The lowest BCUT2D eigenvalue weighted by atomic mass is 10.1.